The molecule has 1 aromatic heterocycles. The van der Waals surface area contributed by atoms with Crippen LogP contribution in [0.1, 0.15) is 24.0 Å². The number of piperidine rings is 1. The minimum atomic E-state index is -0.247. The van der Waals surface area contributed by atoms with Crippen molar-refractivity contribution in [3.8, 4) is 0 Å². The van der Waals surface area contributed by atoms with Crippen LogP contribution in [-0.4, -0.2) is 58.6 Å². The van der Waals surface area contributed by atoms with Gasteiger partial charge in [-0.05, 0) is 54.7 Å². The number of nitrogens with zero attached hydrogens (tertiary/aromatic N) is 4. The molecule has 9 heteroatoms. The maximum absolute atomic E-state index is 13.2. The Bertz CT molecular complexity index is 1080. The third kappa shape index (κ3) is 7.80. The lowest BCUT2D eigenvalue weighted by atomic mass is 10.0. The molecule has 2 N–H and O–H groups in total. The van der Waals surface area contributed by atoms with Gasteiger partial charge in [-0.15, -0.1) is 10.2 Å². The van der Waals surface area contributed by atoms with Crippen molar-refractivity contribution in [1.29, 1.82) is 0 Å². The number of hydrogen-bond acceptors (Lipinski definition) is 6. The number of hydrogen-bond donors (Lipinski definition) is 2. The lowest BCUT2D eigenvalue weighted by Crippen LogP contribution is -2.43. The van der Waals surface area contributed by atoms with Crippen molar-refractivity contribution in [2.75, 3.05) is 36.8 Å². The number of anilines is 1. The van der Waals surface area contributed by atoms with Crippen LogP contribution in [0.15, 0.2) is 60.0 Å². The molecule has 0 atom stereocenters. The average Bonchev–Trinajstić information content (AvgIpc) is 3.27. The van der Waals surface area contributed by atoms with Crippen LogP contribution in [0.4, 0.5) is 10.1 Å². The molecule has 0 unspecified atom stereocenters. The molecule has 1 saturated heterocycles. The summed E-state index contributed by atoms with van der Waals surface area (Å²) < 4.78 is 15.2. The summed E-state index contributed by atoms with van der Waals surface area (Å²) in [4.78, 5) is 14.7. The van der Waals surface area contributed by atoms with E-state index in [1.807, 2.05) is 29.8 Å². The molecule has 186 valence electrons. The molecule has 2 aromatic carbocycles. The van der Waals surface area contributed by atoms with Crippen molar-refractivity contribution in [2.45, 2.75) is 36.9 Å². The van der Waals surface area contributed by atoms with E-state index in [4.69, 9.17) is 0 Å². The van der Waals surface area contributed by atoms with Gasteiger partial charge in [-0.1, -0.05) is 36.0 Å². The second-order valence-corrected chi connectivity index (χ2v) is 9.92. The van der Waals surface area contributed by atoms with Crippen molar-refractivity contribution in [2.24, 2.45) is 7.05 Å². The van der Waals surface area contributed by atoms with E-state index < -0.39 is 0 Å². The molecule has 4 rings (SSSR count). The highest BCUT2D eigenvalue weighted by Crippen LogP contribution is 2.21. The maximum Gasteiger partial charge on any atom is 0.224 e. The molecule has 0 saturated carbocycles. The van der Waals surface area contributed by atoms with Crippen LogP contribution in [0.25, 0.3) is 0 Å². The van der Waals surface area contributed by atoms with Gasteiger partial charge in [0.25, 0.3) is 0 Å². The maximum atomic E-state index is 13.2. The predicted octanol–water partition coefficient (Wildman–Crippen LogP) is 3.21. The number of halogens is 1. The van der Waals surface area contributed by atoms with E-state index in [9.17, 15) is 9.18 Å². The third-order valence-corrected chi connectivity index (χ3v) is 7.26. The molecular formula is C26H33FN6OS. The van der Waals surface area contributed by atoms with Crippen molar-refractivity contribution >= 4 is 23.4 Å². The zero-order valence-corrected chi connectivity index (χ0v) is 20.9. The molecule has 3 aromatic rings. The molecular weight excluding hydrogens is 463 g/mol. The van der Waals surface area contributed by atoms with E-state index in [0.29, 0.717) is 25.4 Å². The largest absolute Gasteiger partial charge is 0.371 e. The van der Waals surface area contributed by atoms with E-state index in [-0.39, 0.29) is 11.7 Å². The van der Waals surface area contributed by atoms with Crippen LogP contribution in [0.5, 0.6) is 0 Å². The number of carbonyl (C=O) groups excluding carboxylic acids is 1. The van der Waals surface area contributed by atoms with Crippen molar-refractivity contribution in [3.63, 3.8) is 0 Å². The summed E-state index contributed by atoms with van der Waals surface area (Å²) >= 11 is 1.72. The highest BCUT2D eigenvalue weighted by molar-refractivity contribution is 7.99. The van der Waals surface area contributed by atoms with Gasteiger partial charge in [0, 0.05) is 50.7 Å². The molecule has 0 aliphatic carbocycles. The Morgan fingerprint density at radius 1 is 1.11 bits per heavy atom. The number of aryl methyl sites for hydroxylation is 1. The van der Waals surface area contributed by atoms with E-state index in [1.54, 1.807) is 24.2 Å². The number of nitrogens with one attached hydrogen (secondary N) is 2. The Hall–Kier alpha value is -2.91. The van der Waals surface area contributed by atoms with E-state index >= 15 is 0 Å². The molecule has 1 aliphatic heterocycles. The Kier molecular flexibility index (Phi) is 9.14. The summed E-state index contributed by atoms with van der Waals surface area (Å²) in [6, 6.07) is 15.3. The van der Waals surface area contributed by atoms with Gasteiger partial charge in [0.05, 0.1) is 6.42 Å². The second-order valence-electron chi connectivity index (χ2n) is 8.86. The number of rotatable bonds is 11. The lowest BCUT2D eigenvalue weighted by Gasteiger charge is -2.34. The van der Waals surface area contributed by atoms with Crippen molar-refractivity contribution in [1.82, 2.24) is 25.4 Å². The summed E-state index contributed by atoms with van der Waals surface area (Å²) in [6.45, 7) is 3.51. The normalized spacial score (nSPS) is 14.3. The minimum absolute atomic E-state index is 0.0154. The minimum Gasteiger partial charge on any atom is -0.371 e. The Morgan fingerprint density at radius 3 is 2.63 bits per heavy atom. The number of carbonyl (C=O) groups is 1. The highest BCUT2D eigenvalue weighted by Gasteiger charge is 2.19. The molecule has 1 amide bonds. The number of amides is 1. The van der Waals surface area contributed by atoms with Gasteiger partial charge in [0.1, 0.15) is 12.1 Å². The predicted molar refractivity (Wildman–Crippen MR) is 138 cm³/mol. The molecule has 0 radical (unpaired) electrons. The van der Waals surface area contributed by atoms with Gasteiger partial charge in [0.2, 0.25) is 5.91 Å². The Balaban J connectivity index is 1.12. The summed E-state index contributed by atoms with van der Waals surface area (Å²) in [7, 11) is 1.96. The molecule has 2 heterocycles. The first-order valence-corrected chi connectivity index (χ1v) is 13.1. The molecule has 7 nitrogen and oxygen atoms in total. The van der Waals surface area contributed by atoms with E-state index in [2.05, 4.69) is 37.9 Å². The number of aromatic nitrogens is 3. The van der Waals surface area contributed by atoms with E-state index in [0.717, 1.165) is 54.5 Å². The monoisotopic (exact) mass is 496 g/mol. The summed E-state index contributed by atoms with van der Waals surface area (Å²) in [5.41, 5.74) is 3.08. The highest BCUT2D eigenvalue weighted by atomic mass is 32.2. The SMILES string of the molecule is Cn1cnnc1SCCNC1CCN(c2ccc(CC(=O)NCCc3cccc(F)c3)cc2)CC1. The fraction of sp³-hybridized carbons (Fsp3) is 0.423. The molecule has 1 fully saturated rings. The van der Waals surface area contributed by atoms with Crippen LogP contribution in [-0.2, 0) is 24.7 Å². The van der Waals surface area contributed by atoms with Crippen LogP contribution in [0, 0.1) is 5.82 Å². The van der Waals surface area contributed by atoms with Gasteiger partial charge < -0.3 is 20.1 Å². The zero-order chi connectivity index (χ0) is 24.5. The fourth-order valence-corrected chi connectivity index (χ4v) is 5.02. The van der Waals surface area contributed by atoms with Crippen LogP contribution in [0.2, 0.25) is 0 Å². The van der Waals surface area contributed by atoms with Gasteiger partial charge in [-0.25, -0.2) is 4.39 Å². The van der Waals surface area contributed by atoms with E-state index in [1.165, 1.54) is 17.8 Å². The van der Waals surface area contributed by atoms with Crippen LogP contribution in [0.3, 0.4) is 0 Å². The summed E-state index contributed by atoms with van der Waals surface area (Å²) in [5.74, 6) is 0.716. The molecule has 35 heavy (non-hydrogen) atoms. The first-order chi connectivity index (χ1) is 17.1. The zero-order valence-electron chi connectivity index (χ0n) is 20.1. The van der Waals surface area contributed by atoms with Gasteiger partial charge in [-0.2, -0.15) is 0 Å². The van der Waals surface area contributed by atoms with Crippen LogP contribution >= 0.6 is 11.8 Å². The second kappa shape index (κ2) is 12.7. The first kappa shape index (κ1) is 25.2. The number of thioether (sulfide) groups is 1. The molecule has 0 spiro atoms. The van der Waals surface area contributed by atoms with Gasteiger partial charge in [-0.3, -0.25) is 4.79 Å². The van der Waals surface area contributed by atoms with Crippen molar-refractivity contribution in [3.05, 3.63) is 71.8 Å². The van der Waals surface area contributed by atoms with Crippen LogP contribution < -0.4 is 15.5 Å². The molecule has 1 aliphatic rings. The summed E-state index contributed by atoms with van der Waals surface area (Å²) in [5, 5.41) is 15.6. The smallest absolute Gasteiger partial charge is 0.224 e. The Morgan fingerprint density at radius 2 is 1.91 bits per heavy atom. The van der Waals surface area contributed by atoms with Gasteiger partial charge >= 0.3 is 0 Å². The van der Waals surface area contributed by atoms with Crippen molar-refractivity contribution < 1.29 is 9.18 Å². The first-order valence-electron chi connectivity index (χ1n) is 12.1. The quantitative estimate of drug-likeness (QED) is 0.314. The average molecular weight is 497 g/mol. The number of benzene rings is 2. The Labute approximate surface area is 210 Å². The molecule has 0 bridgehead atoms. The standard InChI is InChI=1S/C26H33FN6OS/c1-32-19-30-31-26(32)35-16-13-28-23-10-14-33(15-11-23)24-7-5-21(6-8-24)18-25(34)29-12-9-20-3-2-4-22(27)17-20/h2-8,17,19,23,28H,9-16,18H2,1H3,(H,29,34). The fourth-order valence-electron chi connectivity index (χ4n) is 4.26. The topological polar surface area (TPSA) is 75.1 Å². The third-order valence-electron chi connectivity index (χ3n) is 6.22. The summed E-state index contributed by atoms with van der Waals surface area (Å²) in [6.07, 6.45) is 4.92. The lowest BCUT2D eigenvalue weighted by molar-refractivity contribution is -0.120. The van der Waals surface area contributed by atoms with Gasteiger partial charge in [0.15, 0.2) is 5.16 Å².